The fourth-order valence-corrected chi connectivity index (χ4v) is 1.67. The number of furan rings is 1. The van der Waals surface area contributed by atoms with Crippen molar-refractivity contribution >= 4 is 17.5 Å². The molecule has 0 aliphatic rings. The molecule has 1 aromatic heterocycles. The second kappa shape index (κ2) is 5.81. The van der Waals surface area contributed by atoms with E-state index in [9.17, 15) is 4.79 Å². The van der Waals surface area contributed by atoms with E-state index in [1.807, 2.05) is 6.92 Å². The molecule has 0 saturated heterocycles. The Morgan fingerprint density at radius 1 is 1.53 bits per heavy atom. The highest BCUT2D eigenvalue weighted by Crippen LogP contribution is 2.12. The molecule has 0 aromatic carbocycles. The number of halogens is 1. The summed E-state index contributed by atoms with van der Waals surface area (Å²) in [6.45, 7) is 5.14. The third-order valence-corrected chi connectivity index (χ3v) is 2.39. The molecule has 0 atom stereocenters. The molecule has 0 unspecified atom stereocenters. The van der Waals surface area contributed by atoms with Crippen LogP contribution in [0.3, 0.4) is 0 Å². The van der Waals surface area contributed by atoms with Gasteiger partial charge in [-0.05, 0) is 19.4 Å². The second-order valence-corrected chi connectivity index (χ2v) is 3.75. The van der Waals surface area contributed by atoms with Crippen LogP contribution in [0.15, 0.2) is 16.7 Å². The van der Waals surface area contributed by atoms with E-state index in [0.717, 1.165) is 13.0 Å². The van der Waals surface area contributed by atoms with Crippen molar-refractivity contribution in [3.05, 3.63) is 23.7 Å². The summed E-state index contributed by atoms with van der Waals surface area (Å²) in [6.07, 6.45) is 2.47. The summed E-state index contributed by atoms with van der Waals surface area (Å²) in [5, 5.41) is 0. The molecule has 0 bridgehead atoms. The number of aryl methyl sites for hydroxylation is 1. The number of alkyl halides is 1. The highest BCUT2D eigenvalue weighted by Gasteiger charge is 2.17. The molecule has 1 amide bonds. The minimum Gasteiger partial charge on any atom is -0.469 e. The third kappa shape index (κ3) is 2.99. The first-order valence-electron chi connectivity index (χ1n) is 5.10. The monoisotopic (exact) mass is 229 g/mol. The highest BCUT2D eigenvalue weighted by molar-refractivity contribution is 6.18. The minimum atomic E-state index is 0.00347. The van der Waals surface area contributed by atoms with Gasteiger partial charge in [0.05, 0.1) is 11.8 Å². The summed E-state index contributed by atoms with van der Waals surface area (Å²) in [5.41, 5.74) is 0.633. The maximum atomic E-state index is 12.0. The SMILES string of the molecule is CCCN(CCCl)C(=O)c1ccoc1C. The summed E-state index contributed by atoms with van der Waals surface area (Å²) < 4.78 is 5.11. The number of rotatable bonds is 5. The maximum absolute atomic E-state index is 12.0. The Morgan fingerprint density at radius 3 is 2.73 bits per heavy atom. The molecule has 3 nitrogen and oxygen atoms in total. The molecule has 1 rings (SSSR count). The van der Waals surface area contributed by atoms with Crippen LogP contribution < -0.4 is 0 Å². The first kappa shape index (κ1) is 12.1. The van der Waals surface area contributed by atoms with Crippen LogP contribution in [-0.2, 0) is 0 Å². The number of hydrogen-bond donors (Lipinski definition) is 0. The average Bonchev–Trinajstić information content (AvgIpc) is 2.63. The summed E-state index contributed by atoms with van der Waals surface area (Å²) in [5.74, 6) is 1.13. The van der Waals surface area contributed by atoms with E-state index in [2.05, 4.69) is 0 Å². The van der Waals surface area contributed by atoms with Gasteiger partial charge in [0, 0.05) is 19.0 Å². The molecule has 1 heterocycles. The molecule has 1 aromatic rings. The van der Waals surface area contributed by atoms with Gasteiger partial charge in [-0.25, -0.2) is 0 Å². The highest BCUT2D eigenvalue weighted by atomic mass is 35.5. The van der Waals surface area contributed by atoms with Crippen LogP contribution in [0.5, 0.6) is 0 Å². The van der Waals surface area contributed by atoms with Gasteiger partial charge in [-0.1, -0.05) is 6.92 Å². The zero-order valence-electron chi connectivity index (χ0n) is 9.12. The molecule has 0 fully saturated rings. The van der Waals surface area contributed by atoms with Crippen LogP contribution in [0.25, 0.3) is 0 Å². The van der Waals surface area contributed by atoms with Gasteiger partial charge in [0.1, 0.15) is 5.76 Å². The Balaban J connectivity index is 2.76. The lowest BCUT2D eigenvalue weighted by Crippen LogP contribution is -2.33. The Morgan fingerprint density at radius 2 is 2.27 bits per heavy atom. The van der Waals surface area contributed by atoms with E-state index < -0.39 is 0 Å². The lowest BCUT2D eigenvalue weighted by molar-refractivity contribution is 0.0764. The van der Waals surface area contributed by atoms with Gasteiger partial charge in [0.25, 0.3) is 5.91 Å². The van der Waals surface area contributed by atoms with Crippen molar-refractivity contribution in [2.75, 3.05) is 19.0 Å². The third-order valence-electron chi connectivity index (χ3n) is 2.22. The summed E-state index contributed by atoms with van der Waals surface area (Å²) in [6, 6.07) is 1.70. The zero-order valence-corrected chi connectivity index (χ0v) is 9.88. The van der Waals surface area contributed by atoms with Crippen molar-refractivity contribution in [1.29, 1.82) is 0 Å². The molecule has 0 N–H and O–H groups in total. The number of carbonyl (C=O) groups excluding carboxylic acids is 1. The smallest absolute Gasteiger partial charge is 0.257 e. The van der Waals surface area contributed by atoms with E-state index in [4.69, 9.17) is 16.0 Å². The summed E-state index contributed by atoms with van der Waals surface area (Å²) in [4.78, 5) is 13.8. The van der Waals surface area contributed by atoms with E-state index in [-0.39, 0.29) is 5.91 Å². The Labute approximate surface area is 95.0 Å². The van der Waals surface area contributed by atoms with Crippen molar-refractivity contribution in [2.24, 2.45) is 0 Å². The topological polar surface area (TPSA) is 33.5 Å². The normalized spacial score (nSPS) is 10.3. The lowest BCUT2D eigenvalue weighted by atomic mass is 10.2. The Bertz CT molecular complexity index is 316. The van der Waals surface area contributed by atoms with Crippen LogP contribution in [0.2, 0.25) is 0 Å². The summed E-state index contributed by atoms with van der Waals surface area (Å²) in [7, 11) is 0. The van der Waals surface area contributed by atoms with Crippen LogP contribution in [0.1, 0.15) is 29.5 Å². The van der Waals surface area contributed by atoms with E-state index in [1.165, 1.54) is 6.26 Å². The zero-order chi connectivity index (χ0) is 11.3. The average molecular weight is 230 g/mol. The van der Waals surface area contributed by atoms with Gasteiger partial charge in [0.2, 0.25) is 0 Å². The predicted molar refractivity (Wildman–Crippen MR) is 60.4 cm³/mol. The fraction of sp³-hybridized carbons (Fsp3) is 0.545. The van der Waals surface area contributed by atoms with Crippen LogP contribution >= 0.6 is 11.6 Å². The van der Waals surface area contributed by atoms with Crippen molar-refractivity contribution in [3.63, 3.8) is 0 Å². The van der Waals surface area contributed by atoms with Gasteiger partial charge in [-0.3, -0.25) is 4.79 Å². The van der Waals surface area contributed by atoms with E-state index in [1.54, 1.807) is 17.9 Å². The van der Waals surface area contributed by atoms with Crippen molar-refractivity contribution < 1.29 is 9.21 Å². The molecular formula is C11H16ClNO2. The van der Waals surface area contributed by atoms with Gasteiger partial charge < -0.3 is 9.32 Å². The van der Waals surface area contributed by atoms with Gasteiger partial charge in [-0.15, -0.1) is 11.6 Å². The molecule has 0 saturated carbocycles. The molecule has 15 heavy (non-hydrogen) atoms. The quantitative estimate of drug-likeness (QED) is 0.728. The molecule has 0 radical (unpaired) electrons. The molecule has 0 spiro atoms. The molecule has 84 valence electrons. The number of carbonyl (C=O) groups is 1. The lowest BCUT2D eigenvalue weighted by Gasteiger charge is -2.20. The van der Waals surface area contributed by atoms with E-state index >= 15 is 0 Å². The van der Waals surface area contributed by atoms with Crippen LogP contribution in [0, 0.1) is 6.92 Å². The molecule has 0 aliphatic carbocycles. The predicted octanol–water partition coefficient (Wildman–Crippen LogP) is 2.68. The minimum absolute atomic E-state index is 0.00347. The van der Waals surface area contributed by atoms with Crippen LogP contribution in [0.4, 0.5) is 0 Å². The molecule has 4 heteroatoms. The molecular weight excluding hydrogens is 214 g/mol. The van der Waals surface area contributed by atoms with Gasteiger partial charge in [0.15, 0.2) is 0 Å². The second-order valence-electron chi connectivity index (χ2n) is 3.37. The fourth-order valence-electron chi connectivity index (χ4n) is 1.46. The largest absolute Gasteiger partial charge is 0.469 e. The maximum Gasteiger partial charge on any atom is 0.257 e. The van der Waals surface area contributed by atoms with Crippen molar-refractivity contribution in [2.45, 2.75) is 20.3 Å². The Hall–Kier alpha value is -0.960. The summed E-state index contributed by atoms with van der Waals surface area (Å²) >= 11 is 5.66. The van der Waals surface area contributed by atoms with E-state index in [0.29, 0.717) is 23.7 Å². The van der Waals surface area contributed by atoms with Crippen molar-refractivity contribution in [3.8, 4) is 0 Å². The van der Waals surface area contributed by atoms with Crippen LogP contribution in [-0.4, -0.2) is 29.8 Å². The Kier molecular flexibility index (Phi) is 4.69. The van der Waals surface area contributed by atoms with Gasteiger partial charge in [-0.2, -0.15) is 0 Å². The molecule has 0 aliphatic heterocycles. The number of amides is 1. The number of hydrogen-bond acceptors (Lipinski definition) is 2. The first-order valence-corrected chi connectivity index (χ1v) is 5.63. The number of nitrogens with zero attached hydrogens (tertiary/aromatic N) is 1. The first-order chi connectivity index (χ1) is 7.20. The van der Waals surface area contributed by atoms with Gasteiger partial charge >= 0.3 is 0 Å². The standard InChI is InChI=1S/C11H16ClNO2/c1-3-6-13(7-5-12)11(14)10-4-8-15-9(10)2/h4,8H,3,5-7H2,1-2H3. The van der Waals surface area contributed by atoms with Crippen molar-refractivity contribution in [1.82, 2.24) is 4.90 Å².